The SMILES string of the molecule is COc1ccc(/C=C/C(=O)N(CC(N)=O)C2CCCC2)c(OC)c1. The first-order chi connectivity index (χ1) is 11.5. The van der Waals surface area contributed by atoms with Crippen molar-refractivity contribution in [3.8, 4) is 11.5 Å². The fourth-order valence-corrected chi connectivity index (χ4v) is 2.98. The van der Waals surface area contributed by atoms with Gasteiger partial charge in [-0.2, -0.15) is 0 Å². The Hall–Kier alpha value is -2.50. The maximum absolute atomic E-state index is 12.5. The molecule has 1 aromatic carbocycles. The molecule has 130 valence electrons. The molecule has 0 atom stereocenters. The summed E-state index contributed by atoms with van der Waals surface area (Å²) in [6.07, 6.45) is 7.12. The van der Waals surface area contributed by atoms with E-state index in [4.69, 9.17) is 15.2 Å². The third-order valence-corrected chi connectivity index (χ3v) is 4.22. The van der Waals surface area contributed by atoms with Crippen molar-refractivity contribution in [2.75, 3.05) is 20.8 Å². The highest BCUT2D eigenvalue weighted by Crippen LogP contribution is 2.26. The maximum atomic E-state index is 12.5. The van der Waals surface area contributed by atoms with Crippen molar-refractivity contribution >= 4 is 17.9 Å². The Kier molecular flexibility index (Phi) is 6.23. The first-order valence-corrected chi connectivity index (χ1v) is 8.04. The van der Waals surface area contributed by atoms with Crippen molar-refractivity contribution in [1.29, 1.82) is 0 Å². The minimum atomic E-state index is -0.495. The third kappa shape index (κ3) is 4.50. The molecule has 2 rings (SSSR count). The Morgan fingerprint density at radius 2 is 1.96 bits per heavy atom. The third-order valence-electron chi connectivity index (χ3n) is 4.22. The molecule has 2 N–H and O–H groups in total. The number of ether oxygens (including phenoxy) is 2. The minimum Gasteiger partial charge on any atom is -0.497 e. The molecule has 0 heterocycles. The zero-order chi connectivity index (χ0) is 17.5. The van der Waals surface area contributed by atoms with Gasteiger partial charge in [-0.25, -0.2) is 0 Å². The van der Waals surface area contributed by atoms with Crippen LogP contribution in [0.25, 0.3) is 6.08 Å². The van der Waals surface area contributed by atoms with Crippen LogP contribution in [0.5, 0.6) is 11.5 Å². The summed E-state index contributed by atoms with van der Waals surface area (Å²) in [5.41, 5.74) is 6.05. The van der Waals surface area contributed by atoms with Crippen LogP contribution in [0.4, 0.5) is 0 Å². The van der Waals surface area contributed by atoms with Crippen LogP contribution in [0.3, 0.4) is 0 Å². The number of carbonyl (C=O) groups excluding carboxylic acids is 2. The van der Waals surface area contributed by atoms with E-state index in [1.807, 2.05) is 6.07 Å². The standard InChI is InChI=1S/C18H24N2O4/c1-23-15-9-7-13(16(11-15)24-2)8-10-18(22)20(12-17(19)21)14-5-3-4-6-14/h7-11,14H,3-6,12H2,1-2H3,(H2,19,21)/b10-8+. The molecule has 1 fully saturated rings. The van der Waals surface area contributed by atoms with Gasteiger partial charge < -0.3 is 20.1 Å². The fourth-order valence-electron chi connectivity index (χ4n) is 2.98. The predicted octanol–water partition coefficient (Wildman–Crippen LogP) is 1.97. The number of benzene rings is 1. The van der Waals surface area contributed by atoms with Crippen molar-refractivity contribution in [3.63, 3.8) is 0 Å². The van der Waals surface area contributed by atoms with Gasteiger partial charge in [0, 0.05) is 23.7 Å². The summed E-state index contributed by atoms with van der Waals surface area (Å²) >= 11 is 0. The Balaban J connectivity index is 2.16. The van der Waals surface area contributed by atoms with Crippen molar-refractivity contribution in [2.24, 2.45) is 5.73 Å². The lowest BCUT2D eigenvalue weighted by Crippen LogP contribution is -2.43. The lowest BCUT2D eigenvalue weighted by Gasteiger charge is -2.26. The molecule has 6 heteroatoms. The van der Waals surface area contributed by atoms with Crippen LogP contribution in [0.15, 0.2) is 24.3 Å². The van der Waals surface area contributed by atoms with E-state index in [1.54, 1.807) is 37.3 Å². The number of hydrogen-bond acceptors (Lipinski definition) is 4. The van der Waals surface area contributed by atoms with E-state index >= 15 is 0 Å². The van der Waals surface area contributed by atoms with Crippen LogP contribution in [-0.2, 0) is 9.59 Å². The predicted molar refractivity (Wildman–Crippen MR) is 91.7 cm³/mol. The van der Waals surface area contributed by atoms with E-state index in [-0.39, 0.29) is 18.5 Å². The molecule has 1 saturated carbocycles. The van der Waals surface area contributed by atoms with Gasteiger partial charge in [-0.1, -0.05) is 12.8 Å². The molecule has 1 aromatic rings. The number of rotatable bonds is 7. The molecule has 1 aliphatic rings. The number of nitrogens with zero attached hydrogens (tertiary/aromatic N) is 1. The largest absolute Gasteiger partial charge is 0.497 e. The Labute approximate surface area is 142 Å². The van der Waals surface area contributed by atoms with Gasteiger partial charge in [-0.3, -0.25) is 9.59 Å². The summed E-state index contributed by atoms with van der Waals surface area (Å²) in [5, 5.41) is 0. The molecule has 24 heavy (non-hydrogen) atoms. The van der Waals surface area contributed by atoms with E-state index in [0.717, 1.165) is 31.2 Å². The summed E-state index contributed by atoms with van der Waals surface area (Å²) in [6, 6.07) is 5.45. The molecule has 1 aliphatic carbocycles. The van der Waals surface area contributed by atoms with E-state index in [2.05, 4.69) is 0 Å². The van der Waals surface area contributed by atoms with E-state index < -0.39 is 5.91 Å². The lowest BCUT2D eigenvalue weighted by atomic mass is 10.1. The monoisotopic (exact) mass is 332 g/mol. The number of amides is 2. The number of methoxy groups -OCH3 is 2. The first kappa shape index (κ1) is 17.8. The highest BCUT2D eigenvalue weighted by atomic mass is 16.5. The lowest BCUT2D eigenvalue weighted by molar-refractivity contribution is -0.133. The molecular weight excluding hydrogens is 308 g/mol. The van der Waals surface area contributed by atoms with E-state index in [9.17, 15) is 9.59 Å². The quantitative estimate of drug-likeness (QED) is 0.774. The second kappa shape index (κ2) is 8.38. The van der Waals surface area contributed by atoms with E-state index in [1.165, 1.54) is 6.08 Å². The number of primary amides is 1. The van der Waals surface area contributed by atoms with Gasteiger partial charge in [-0.15, -0.1) is 0 Å². The highest BCUT2D eigenvalue weighted by Gasteiger charge is 2.26. The van der Waals surface area contributed by atoms with Gasteiger partial charge in [-0.05, 0) is 31.1 Å². The average Bonchev–Trinajstić information content (AvgIpc) is 3.11. The average molecular weight is 332 g/mol. The fraction of sp³-hybridized carbons (Fsp3) is 0.444. The molecule has 6 nitrogen and oxygen atoms in total. The summed E-state index contributed by atoms with van der Waals surface area (Å²) in [4.78, 5) is 25.4. The summed E-state index contributed by atoms with van der Waals surface area (Å²) in [6.45, 7) is -0.0480. The molecule has 0 radical (unpaired) electrons. The molecule has 0 aromatic heterocycles. The zero-order valence-electron chi connectivity index (χ0n) is 14.2. The van der Waals surface area contributed by atoms with Crippen molar-refractivity contribution in [2.45, 2.75) is 31.7 Å². The number of carbonyl (C=O) groups is 2. The maximum Gasteiger partial charge on any atom is 0.247 e. The molecule has 0 unspecified atom stereocenters. The number of hydrogen-bond donors (Lipinski definition) is 1. The molecule has 0 spiro atoms. The van der Waals surface area contributed by atoms with Crippen molar-refractivity contribution in [1.82, 2.24) is 4.90 Å². The molecule has 0 bridgehead atoms. The van der Waals surface area contributed by atoms with Crippen LogP contribution >= 0.6 is 0 Å². The molecule has 2 amide bonds. The van der Waals surface area contributed by atoms with Crippen molar-refractivity contribution < 1.29 is 19.1 Å². The van der Waals surface area contributed by atoms with Gasteiger partial charge >= 0.3 is 0 Å². The first-order valence-electron chi connectivity index (χ1n) is 8.04. The molecular formula is C18H24N2O4. The van der Waals surface area contributed by atoms with Crippen molar-refractivity contribution in [3.05, 3.63) is 29.8 Å². The van der Waals surface area contributed by atoms with Gasteiger partial charge in [0.1, 0.15) is 11.5 Å². The highest BCUT2D eigenvalue weighted by molar-refractivity contribution is 5.94. The second-order valence-electron chi connectivity index (χ2n) is 5.81. The Morgan fingerprint density at radius 1 is 1.25 bits per heavy atom. The van der Waals surface area contributed by atoms with Crippen LogP contribution < -0.4 is 15.2 Å². The Morgan fingerprint density at radius 3 is 2.54 bits per heavy atom. The summed E-state index contributed by atoms with van der Waals surface area (Å²) < 4.78 is 10.5. The van der Waals surface area contributed by atoms with Crippen LogP contribution in [0.1, 0.15) is 31.2 Å². The topological polar surface area (TPSA) is 81.9 Å². The summed E-state index contributed by atoms with van der Waals surface area (Å²) in [5.74, 6) is 0.585. The smallest absolute Gasteiger partial charge is 0.247 e. The van der Waals surface area contributed by atoms with Gasteiger partial charge in [0.05, 0.1) is 20.8 Å². The van der Waals surface area contributed by atoms with Gasteiger partial charge in [0.15, 0.2) is 0 Å². The van der Waals surface area contributed by atoms with Crippen LogP contribution in [-0.4, -0.2) is 43.5 Å². The van der Waals surface area contributed by atoms with Gasteiger partial charge in [0.25, 0.3) is 0 Å². The van der Waals surface area contributed by atoms with Crippen LogP contribution in [0.2, 0.25) is 0 Å². The van der Waals surface area contributed by atoms with Gasteiger partial charge in [0.2, 0.25) is 11.8 Å². The molecule has 0 saturated heterocycles. The normalized spacial score (nSPS) is 14.8. The number of nitrogens with two attached hydrogens (primary N) is 1. The van der Waals surface area contributed by atoms with Crippen LogP contribution in [0, 0.1) is 0 Å². The van der Waals surface area contributed by atoms with E-state index in [0.29, 0.717) is 11.5 Å². The minimum absolute atomic E-state index is 0.0480. The molecule has 0 aliphatic heterocycles. The zero-order valence-corrected chi connectivity index (χ0v) is 14.2. The Bertz CT molecular complexity index is 621. The summed E-state index contributed by atoms with van der Waals surface area (Å²) in [7, 11) is 3.14. The second-order valence-corrected chi connectivity index (χ2v) is 5.81.